The molecule has 6 aliphatic rings. The SMILES string of the molecule is CN1C=CN(c2[c-]c(N3C=CN(C)[CH-]3)c(N3C=CN(C)[CH-]3)[c-]c2Oc2[c-]c(N3C=CN(C)[CH-]3)c(N3C=CN(C)[CH-]3)[c-]c2N2C=CN(C)[CH-]2)[CH-]1.Fc1c[c-]c(-c2cccc(-c3[c-]cc(F)nc3F)n2)c(F)n1.Fc1c[c-]c(-c2cccc(-c3[c-]cc(F)nc3F)n2)c(F)n1.[Ir].[Pt+4].[Rh]. The second-order valence-electron chi connectivity index (χ2n) is 20.6. The van der Waals surface area contributed by atoms with Crippen molar-refractivity contribution in [3.05, 3.63) is 271 Å². The summed E-state index contributed by atoms with van der Waals surface area (Å²) in [4.78, 5) is 44.2. The Bertz CT molecular complexity index is 3940. The number of rotatable bonds is 12. The van der Waals surface area contributed by atoms with Crippen molar-refractivity contribution in [3.63, 3.8) is 0 Å². The summed E-state index contributed by atoms with van der Waals surface area (Å²) in [5, 5.41) is 0. The van der Waals surface area contributed by atoms with Gasteiger partial charge in [-0.25, -0.2) is 35.1 Å². The monoisotopic (exact) mass is 1750 g/mol. The van der Waals surface area contributed by atoms with Crippen molar-refractivity contribution in [2.45, 2.75) is 0 Å². The van der Waals surface area contributed by atoms with E-state index in [1.807, 2.05) is 215 Å². The fourth-order valence-electron chi connectivity index (χ4n) is 9.40. The van der Waals surface area contributed by atoms with Gasteiger partial charge < -0.3 is 73.5 Å². The van der Waals surface area contributed by atoms with E-state index < -0.39 is 47.6 Å². The predicted molar refractivity (Wildman–Crippen MR) is 327 cm³/mol. The summed E-state index contributed by atoms with van der Waals surface area (Å²) in [6, 6.07) is 36.2. The number of pyridine rings is 6. The van der Waals surface area contributed by atoms with Crippen LogP contribution >= 0.6 is 0 Å². The van der Waals surface area contributed by atoms with Crippen molar-refractivity contribution >= 4 is 34.1 Å². The van der Waals surface area contributed by atoms with Crippen LogP contribution < -0.4 is 34.1 Å². The number of hydrogen-bond donors (Lipinski definition) is 0. The van der Waals surface area contributed by atoms with Gasteiger partial charge in [-0.1, -0.05) is 94.4 Å². The van der Waals surface area contributed by atoms with E-state index in [1.54, 1.807) is 0 Å². The second kappa shape index (κ2) is 30.5. The largest absolute Gasteiger partial charge is 4.00 e. The van der Waals surface area contributed by atoms with Crippen molar-refractivity contribution in [1.82, 2.24) is 59.3 Å². The molecule has 2 radical (unpaired) electrons. The Morgan fingerprint density at radius 2 is 0.542 bits per heavy atom. The van der Waals surface area contributed by atoms with Crippen molar-refractivity contribution in [2.75, 3.05) is 71.7 Å². The molecule has 0 saturated carbocycles. The molecule has 500 valence electrons. The molecule has 0 spiro atoms. The summed E-state index contributed by atoms with van der Waals surface area (Å²) in [6.45, 7) is 11.9. The van der Waals surface area contributed by atoms with Gasteiger partial charge in [-0.2, -0.15) is 74.1 Å². The van der Waals surface area contributed by atoms with E-state index in [0.29, 0.717) is 22.9 Å². The summed E-state index contributed by atoms with van der Waals surface area (Å²) in [7, 11) is 11.9. The van der Waals surface area contributed by atoms with Gasteiger partial charge in [0.1, 0.15) is 47.6 Å². The van der Waals surface area contributed by atoms with Crippen molar-refractivity contribution in [2.24, 2.45) is 0 Å². The normalized spacial score (nSPS) is 15.0. The molecule has 6 aromatic heterocycles. The van der Waals surface area contributed by atoms with Gasteiger partial charge in [0, 0.05) is 39.6 Å². The molecule has 14 rings (SSSR count). The average molecular weight is 1750 g/mol. The van der Waals surface area contributed by atoms with Gasteiger partial charge in [-0.15, -0.1) is 24.3 Å². The quantitative estimate of drug-likeness (QED) is 0.0498. The molecular formula is C66H46F8IrN18OPtRh-10. The molecule has 0 amide bonds. The van der Waals surface area contributed by atoms with Crippen LogP contribution in [-0.4, -0.2) is 102 Å². The van der Waals surface area contributed by atoms with E-state index in [0.717, 1.165) is 47.0 Å². The number of hydrogen-bond acceptors (Lipinski definition) is 19. The maximum absolute atomic E-state index is 13.6. The molecule has 96 heavy (non-hydrogen) atoms. The fraction of sp³-hybridized carbons (Fsp3) is 0.0909. The summed E-state index contributed by atoms with van der Waals surface area (Å²) in [5.41, 5.74) is 4.10. The van der Waals surface area contributed by atoms with E-state index in [4.69, 9.17) is 4.74 Å². The van der Waals surface area contributed by atoms with Crippen LogP contribution in [0.5, 0.6) is 11.5 Å². The van der Waals surface area contributed by atoms with Crippen LogP contribution in [-0.2, 0) is 60.6 Å². The number of anilines is 6. The minimum Gasteiger partial charge on any atom is -0.620 e. The van der Waals surface area contributed by atoms with Gasteiger partial charge in [0.2, 0.25) is 0 Å². The smallest absolute Gasteiger partial charge is 0.620 e. The first kappa shape index (κ1) is 70.9. The van der Waals surface area contributed by atoms with E-state index in [1.165, 1.54) is 36.4 Å². The van der Waals surface area contributed by atoms with Gasteiger partial charge in [0.05, 0.1) is 0 Å². The second-order valence-corrected chi connectivity index (χ2v) is 20.6. The first-order valence-corrected chi connectivity index (χ1v) is 27.6. The molecule has 0 N–H and O–H groups in total. The molecule has 0 fully saturated rings. The zero-order chi connectivity index (χ0) is 65.2. The third kappa shape index (κ3) is 15.9. The minimum atomic E-state index is -1.09. The molecule has 0 unspecified atom stereocenters. The van der Waals surface area contributed by atoms with Crippen LogP contribution in [0.3, 0.4) is 0 Å². The maximum atomic E-state index is 13.6. The van der Waals surface area contributed by atoms with E-state index in [2.05, 4.69) is 78.4 Å². The Morgan fingerprint density at radius 3 is 0.750 bits per heavy atom. The zero-order valence-electron chi connectivity index (χ0n) is 50.6. The molecular weight excluding hydrogens is 1700 g/mol. The summed E-state index contributed by atoms with van der Waals surface area (Å²) < 4.78 is 113. The molecule has 2 aromatic carbocycles. The molecule has 8 aromatic rings. The summed E-state index contributed by atoms with van der Waals surface area (Å²) in [6.07, 6.45) is 23.9. The molecule has 30 heteroatoms. The molecule has 0 aliphatic carbocycles. The standard InChI is InChI=1S/C36H36N12O.2C15H5F4N3.Ir.Pt.Rh/c1-37-7-13-43(23-37)29-19-33(47-17-11-41(5)27-47)35(21-31(29)45-15-9-39(3)25-45)49-36-22-32(46-16-10-40(4)26-46)30(44-14-8-38(2)24-44)20-34(36)48-18-12-42(6)28-48;2*16-12-6-4-8(14(18)21-12)10-2-1-3-11(20-10)9-5-7-13(17)22-15(9)19;;;/h7-18,23-28H,1-6H3;2*1-3,6-7H;;;/q-10;2*-2;;+4;. The molecule has 12 heterocycles. The van der Waals surface area contributed by atoms with Crippen LogP contribution in [0.2, 0.25) is 0 Å². The molecule has 0 saturated heterocycles. The van der Waals surface area contributed by atoms with Crippen molar-refractivity contribution in [3.8, 4) is 56.5 Å². The molecule has 19 nitrogen and oxygen atoms in total. The van der Waals surface area contributed by atoms with E-state index >= 15 is 0 Å². The van der Waals surface area contributed by atoms with Gasteiger partial charge in [-0.3, -0.25) is 44.2 Å². The molecule has 0 bridgehead atoms. The Hall–Kier alpha value is -9.42. The Labute approximate surface area is 589 Å². The third-order valence-electron chi connectivity index (χ3n) is 13.7. The van der Waals surface area contributed by atoms with E-state index in [9.17, 15) is 35.1 Å². The van der Waals surface area contributed by atoms with E-state index in [-0.39, 0.29) is 106 Å². The van der Waals surface area contributed by atoms with Crippen LogP contribution in [0.4, 0.5) is 69.2 Å². The van der Waals surface area contributed by atoms with Gasteiger partial charge in [0.25, 0.3) is 0 Å². The maximum Gasteiger partial charge on any atom is 4.00 e. The molecule has 6 aliphatic heterocycles. The fourth-order valence-corrected chi connectivity index (χ4v) is 9.40. The summed E-state index contributed by atoms with van der Waals surface area (Å²) in [5.74, 6) is -7.49. The topological polar surface area (TPSA) is 125 Å². The summed E-state index contributed by atoms with van der Waals surface area (Å²) >= 11 is 0. The number of ether oxygens (including phenoxy) is 1. The number of benzene rings is 2. The Balaban J connectivity index is 0.000000191. The third-order valence-corrected chi connectivity index (χ3v) is 13.7. The average Bonchev–Trinajstić information content (AvgIpc) is 1.43. The number of nitrogens with zero attached hydrogens (tertiary/aromatic N) is 18. The Kier molecular flexibility index (Phi) is 22.6. The first-order valence-electron chi connectivity index (χ1n) is 27.6. The van der Waals surface area contributed by atoms with Crippen LogP contribution in [0.15, 0.2) is 135 Å². The first-order chi connectivity index (χ1) is 44.8. The van der Waals surface area contributed by atoms with Gasteiger partial charge >= 0.3 is 21.1 Å². The number of aromatic nitrogens is 6. The van der Waals surface area contributed by atoms with Crippen LogP contribution in [0.1, 0.15) is 0 Å². The molecule has 0 atom stereocenters. The van der Waals surface area contributed by atoms with Crippen molar-refractivity contribution in [1.29, 1.82) is 0 Å². The Morgan fingerprint density at radius 1 is 0.323 bits per heavy atom. The van der Waals surface area contributed by atoms with Gasteiger partial charge in [0.15, 0.2) is 0 Å². The number of halogens is 8. The van der Waals surface area contributed by atoms with Gasteiger partial charge in [-0.05, 0) is 139 Å². The predicted octanol–water partition coefficient (Wildman–Crippen LogP) is 11.5. The van der Waals surface area contributed by atoms with Crippen LogP contribution in [0.25, 0.3) is 45.0 Å². The zero-order valence-corrected chi connectivity index (χ0v) is 56.9. The van der Waals surface area contributed by atoms with Crippen LogP contribution in [0, 0.1) is 136 Å². The minimum absolute atomic E-state index is 0. The van der Waals surface area contributed by atoms with Crippen molar-refractivity contribution < 1.29 is 101 Å².